The van der Waals surface area contributed by atoms with Crippen molar-refractivity contribution in [2.45, 2.75) is 0 Å². The minimum Gasteiger partial charge on any atom is -0.351 e. The van der Waals surface area contributed by atoms with Crippen molar-refractivity contribution in [3.63, 3.8) is 0 Å². The zero-order valence-corrected chi connectivity index (χ0v) is 8.97. The lowest BCUT2D eigenvalue weighted by atomic mass is 9.99. The molecule has 1 aromatic heterocycles. The summed E-state index contributed by atoms with van der Waals surface area (Å²) in [7, 11) is 0. The molecule has 1 aliphatic rings. The minimum atomic E-state index is -0.538. The van der Waals surface area contributed by atoms with Crippen LogP contribution >= 0.6 is 0 Å². The van der Waals surface area contributed by atoms with Gasteiger partial charge in [0.25, 0.3) is 5.69 Å². The highest BCUT2D eigenvalue weighted by atomic mass is 16.6. The van der Waals surface area contributed by atoms with Gasteiger partial charge in [0, 0.05) is 23.0 Å². The molecule has 0 radical (unpaired) electrons. The summed E-state index contributed by atoms with van der Waals surface area (Å²) in [5.41, 5.74) is 0.828. The largest absolute Gasteiger partial charge is 0.351 e. The lowest BCUT2D eigenvalue weighted by Crippen LogP contribution is -2.09. The van der Waals surface area contributed by atoms with Crippen LogP contribution in [0.3, 0.4) is 0 Å². The maximum Gasteiger partial charge on any atom is 0.270 e. The Labute approximate surface area is 100 Å². The van der Waals surface area contributed by atoms with Crippen molar-refractivity contribution < 1.29 is 14.5 Å². The number of nitrogens with zero attached hydrogens (tertiary/aromatic N) is 1. The van der Waals surface area contributed by atoms with E-state index in [0.29, 0.717) is 10.9 Å². The second-order valence-electron chi connectivity index (χ2n) is 3.92. The van der Waals surface area contributed by atoms with Crippen molar-refractivity contribution in [2.75, 3.05) is 0 Å². The summed E-state index contributed by atoms with van der Waals surface area (Å²) < 4.78 is 0. The van der Waals surface area contributed by atoms with Gasteiger partial charge < -0.3 is 4.98 Å². The van der Waals surface area contributed by atoms with Gasteiger partial charge in [-0.1, -0.05) is 0 Å². The number of ketones is 2. The molecule has 0 fully saturated rings. The second-order valence-corrected chi connectivity index (χ2v) is 3.92. The molecule has 0 saturated heterocycles. The highest BCUT2D eigenvalue weighted by Gasteiger charge is 2.25. The summed E-state index contributed by atoms with van der Waals surface area (Å²) in [6, 6.07) is 4.12. The topological polar surface area (TPSA) is 93.1 Å². The van der Waals surface area contributed by atoms with Gasteiger partial charge in [0.2, 0.25) is 5.78 Å². The summed E-state index contributed by atoms with van der Waals surface area (Å²) in [6.45, 7) is 0. The number of allylic oxidation sites excluding steroid dienone is 2. The van der Waals surface area contributed by atoms with E-state index >= 15 is 0 Å². The van der Waals surface area contributed by atoms with E-state index in [4.69, 9.17) is 0 Å². The average molecular weight is 242 g/mol. The number of nitro groups is 1. The first-order valence-electron chi connectivity index (χ1n) is 5.15. The summed E-state index contributed by atoms with van der Waals surface area (Å²) in [4.78, 5) is 36.4. The van der Waals surface area contributed by atoms with Gasteiger partial charge in [-0.15, -0.1) is 0 Å². The molecule has 0 atom stereocenters. The Morgan fingerprint density at radius 2 is 1.83 bits per heavy atom. The molecule has 0 spiro atoms. The average Bonchev–Trinajstić information content (AvgIpc) is 2.73. The monoisotopic (exact) mass is 242 g/mol. The summed E-state index contributed by atoms with van der Waals surface area (Å²) in [5, 5.41) is 11.1. The molecular weight excluding hydrogens is 236 g/mol. The number of hydrogen-bond acceptors (Lipinski definition) is 4. The first kappa shape index (κ1) is 10.4. The van der Waals surface area contributed by atoms with Gasteiger partial charge in [-0.2, -0.15) is 0 Å². The van der Waals surface area contributed by atoms with E-state index < -0.39 is 4.92 Å². The summed E-state index contributed by atoms with van der Waals surface area (Å²) in [6.07, 6.45) is 2.37. The van der Waals surface area contributed by atoms with Gasteiger partial charge in [0.1, 0.15) is 0 Å². The van der Waals surface area contributed by atoms with Crippen LogP contribution in [0.15, 0.2) is 30.4 Å². The maximum atomic E-state index is 11.8. The molecule has 1 heterocycles. The van der Waals surface area contributed by atoms with Crippen molar-refractivity contribution in [2.24, 2.45) is 0 Å². The third-order valence-electron chi connectivity index (χ3n) is 2.87. The van der Waals surface area contributed by atoms with Gasteiger partial charge in [-0.25, -0.2) is 0 Å². The standard InChI is InChI=1S/C12H6N2O4/c15-9-3-4-10(16)12-11(9)7-5-6(14(17)18)1-2-8(7)13-12/h1-5,13H. The Bertz CT molecular complexity index is 755. The van der Waals surface area contributed by atoms with E-state index in [1.807, 2.05) is 0 Å². The zero-order chi connectivity index (χ0) is 12.9. The minimum absolute atomic E-state index is 0.112. The van der Waals surface area contributed by atoms with Crippen LogP contribution in [0.5, 0.6) is 0 Å². The van der Waals surface area contributed by atoms with Crippen molar-refractivity contribution in [1.82, 2.24) is 4.98 Å². The number of nitrogens with one attached hydrogen (secondary N) is 1. The first-order valence-corrected chi connectivity index (χ1v) is 5.15. The Kier molecular flexibility index (Phi) is 1.94. The molecule has 1 aliphatic carbocycles. The van der Waals surface area contributed by atoms with Crippen LogP contribution in [0.25, 0.3) is 10.9 Å². The second kappa shape index (κ2) is 3.36. The van der Waals surface area contributed by atoms with E-state index in [-0.39, 0.29) is 28.5 Å². The molecule has 0 unspecified atom stereocenters. The van der Waals surface area contributed by atoms with E-state index in [1.165, 1.54) is 30.4 Å². The Hall–Kier alpha value is -2.76. The van der Waals surface area contributed by atoms with Crippen molar-refractivity contribution in [3.05, 3.63) is 51.7 Å². The number of H-pyrrole nitrogens is 1. The van der Waals surface area contributed by atoms with E-state index in [1.54, 1.807) is 0 Å². The molecule has 18 heavy (non-hydrogen) atoms. The highest BCUT2D eigenvalue weighted by molar-refractivity contribution is 6.26. The number of aromatic nitrogens is 1. The molecule has 1 aromatic carbocycles. The number of rotatable bonds is 1. The molecular formula is C12H6N2O4. The van der Waals surface area contributed by atoms with Crippen molar-refractivity contribution in [3.8, 4) is 0 Å². The lowest BCUT2D eigenvalue weighted by molar-refractivity contribution is -0.384. The highest BCUT2D eigenvalue weighted by Crippen LogP contribution is 2.29. The van der Waals surface area contributed by atoms with Gasteiger partial charge in [-0.3, -0.25) is 19.7 Å². The number of non-ortho nitro benzene ring substituents is 1. The normalized spacial score (nSPS) is 14.0. The third kappa shape index (κ3) is 1.29. The Morgan fingerprint density at radius 1 is 1.11 bits per heavy atom. The molecule has 6 nitrogen and oxygen atoms in total. The molecule has 3 rings (SSSR count). The fraction of sp³-hybridized carbons (Fsp3) is 0. The number of carbonyl (C=O) groups is 2. The van der Waals surface area contributed by atoms with Crippen LogP contribution in [-0.2, 0) is 0 Å². The van der Waals surface area contributed by atoms with Gasteiger partial charge in [0.15, 0.2) is 5.78 Å². The number of benzene rings is 1. The van der Waals surface area contributed by atoms with Gasteiger partial charge >= 0.3 is 0 Å². The Morgan fingerprint density at radius 3 is 2.56 bits per heavy atom. The van der Waals surface area contributed by atoms with Crippen LogP contribution in [0, 0.1) is 10.1 Å². The van der Waals surface area contributed by atoms with Crippen molar-refractivity contribution in [1.29, 1.82) is 0 Å². The van der Waals surface area contributed by atoms with Crippen LogP contribution in [-0.4, -0.2) is 21.5 Å². The predicted octanol–water partition coefficient (Wildman–Crippen LogP) is 2.01. The SMILES string of the molecule is O=C1C=CC(=O)c2c1[nH]c1ccc([N+](=O)[O-])cc21. The molecule has 6 heteroatoms. The number of fused-ring (bicyclic) bond motifs is 3. The zero-order valence-electron chi connectivity index (χ0n) is 8.97. The molecule has 88 valence electrons. The third-order valence-corrected chi connectivity index (χ3v) is 2.87. The Balaban J connectivity index is 2.37. The quantitative estimate of drug-likeness (QED) is 0.611. The predicted molar refractivity (Wildman–Crippen MR) is 62.8 cm³/mol. The number of aromatic amines is 1. The van der Waals surface area contributed by atoms with Crippen LogP contribution < -0.4 is 0 Å². The summed E-state index contributed by atoms with van der Waals surface area (Å²) >= 11 is 0. The fourth-order valence-electron chi connectivity index (χ4n) is 2.05. The van der Waals surface area contributed by atoms with Gasteiger partial charge in [-0.05, 0) is 18.2 Å². The molecule has 2 aromatic rings. The smallest absolute Gasteiger partial charge is 0.270 e. The molecule has 0 amide bonds. The molecule has 0 aliphatic heterocycles. The first-order chi connectivity index (χ1) is 8.58. The molecule has 1 N–H and O–H groups in total. The summed E-state index contributed by atoms with van der Waals surface area (Å²) in [5.74, 6) is -0.625. The number of hydrogen-bond donors (Lipinski definition) is 1. The van der Waals surface area contributed by atoms with Gasteiger partial charge in [0.05, 0.1) is 16.2 Å². The van der Waals surface area contributed by atoms with Crippen LogP contribution in [0.4, 0.5) is 5.69 Å². The van der Waals surface area contributed by atoms with Crippen LogP contribution in [0.1, 0.15) is 20.8 Å². The number of nitro benzene ring substituents is 1. The maximum absolute atomic E-state index is 11.8. The van der Waals surface area contributed by atoms with Crippen molar-refractivity contribution >= 4 is 28.2 Å². The number of carbonyl (C=O) groups excluding carboxylic acids is 2. The molecule has 0 bridgehead atoms. The van der Waals surface area contributed by atoms with E-state index in [0.717, 1.165) is 0 Å². The van der Waals surface area contributed by atoms with E-state index in [2.05, 4.69) is 4.98 Å². The van der Waals surface area contributed by atoms with Crippen LogP contribution in [0.2, 0.25) is 0 Å². The molecule has 0 saturated carbocycles. The fourth-order valence-corrected chi connectivity index (χ4v) is 2.05. The lowest BCUT2D eigenvalue weighted by Gasteiger charge is -2.02. The van der Waals surface area contributed by atoms with E-state index in [9.17, 15) is 19.7 Å².